The molecule has 19 heteroatoms. The predicted molar refractivity (Wildman–Crippen MR) is 223 cm³/mol. The maximum Gasteiger partial charge on any atom is 0.267 e. The lowest BCUT2D eigenvalue weighted by Gasteiger charge is -2.32. The molecule has 2 fully saturated rings. The number of amides is 2. The lowest BCUT2D eigenvalue weighted by Crippen LogP contribution is -2.53. The number of alkyl halides is 4. The van der Waals surface area contributed by atoms with Crippen molar-refractivity contribution in [1.82, 2.24) is 39.6 Å². The molecule has 5 aromatic rings. The first-order valence-electron chi connectivity index (χ1n) is 21.0. The number of rotatable bonds is 12. The average Bonchev–Trinajstić information content (AvgIpc) is 4.07. The average molecular weight is 882 g/mol. The van der Waals surface area contributed by atoms with E-state index in [0.29, 0.717) is 28.2 Å². The van der Waals surface area contributed by atoms with Crippen LogP contribution in [0.15, 0.2) is 48.8 Å². The largest absolute Gasteiger partial charge is 0.469 e. The Bertz CT molecular complexity index is 2540. The predicted octanol–water partition coefficient (Wildman–Crippen LogP) is 7.11. The highest BCUT2D eigenvalue weighted by Gasteiger charge is 2.51. The highest BCUT2D eigenvalue weighted by atomic mass is 19.3. The SMILES string of the molecule is COC(O)NC(C(=O)N1CC(F)(F)CC1c1ncc(-c2ccc3c(c2)cc2n3C(C(C)C)Oc3cc(-c4cnc(C5CC(F)(F)CN5C(=O)C(N)C(C)C)[nH]4)cc(F)c3-2)[nH]1)C(C)C. The van der Waals surface area contributed by atoms with Gasteiger partial charge in [-0.15, -0.1) is 0 Å². The molecule has 2 amide bonds. The van der Waals surface area contributed by atoms with Gasteiger partial charge in [0.25, 0.3) is 11.8 Å². The Morgan fingerprint density at radius 1 is 0.873 bits per heavy atom. The number of aromatic nitrogens is 5. The molecule has 3 aromatic heterocycles. The van der Waals surface area contributed by atoms with Crippen LogP contribution >= 0.6 is 0 Å². The third-order valence-corrected chi connectivity index (χ3v) is 12.3. The fourth-order valence-electron chi connectivity index (χ4n) is 8.88. The summed E-state index contributed by atoms with van der Waals surface area (Å²) in [6.45, 7) is 9.29. The molecule has 2 aromatic carbocycles. The van der Waals surface area contributed by atoms with Crippen molar-refractivity contribution in [2.24, 2.45) is 23.5 Å². The minimum Gasteiger partial charge on any atom is -0.469 e. The van der Waals surface area contributed by atoms with Crippen LogP contribution < -0.4 is 15.8 Å². The van der Waals surface area contributed by atoms with Crippen LogP contribution in [-0.4, -0.2) is 102 Å². The van der Waals surface area contributed by atoms with Crippen LogP contribution in [0.25, 0.3) is 44.7 Å². The Morgan fingerprint density at radius 2 is 1.46 bits per heavy atom. The number of carbonyl (C=O) groups excluding carboxylic acids is 2. The van der Waals surface area contributed by atoms with Gasteiger partial charge in [-0.25, -0.2) is 31.9 Å². The first-order chi connectivity index (χ1) is 29.7. The van der Waals surface area contributed by atoms with Gasteiger partial charge in [0.15, 0.2) is 6.23 Å². The molecule has 3 aliphatic rings. The number of fused-ring (bicyclic) bond motifs is 5. The number of aliphatic hydroxyl groups excluding tert-OH is 1. The molecule has 6 unspecified atom stereocenters. The van der Waals surface area contributed by atoms with Crippen LogP contribution in [0.1, 0.15) is 84.3 Å². The number of aliphatic hydroxyl groups is 1. The Kier molecular flexibility index (Phi) is 11.5. The van der Waals surface area contributed by atoms with Gasteiger partial charge < -0.3 is 44.6 Å². The molecule has 338 valence electrons. The normalized spacial score (nSPS) is 21.9. The van der Waals surface area contributed by atoms with Crippen molar-refractivity contribution in [2.75, 3.05) is 20.2 Å². The number of H-pyrrole nitrogens is 2. The maximum absolute atomic E-state index is 16.5. The number of hydrogen-bond donors (Lipinski definition) is 5. The van der Waals surface area contributed by atoms with Crippen LogP contribution in [0.3, 0.4) is 0 Å². The molecule has 0 spiro atoms. The number of nitrogens with two attached hydrogens (primary N) is 1. The Morgan fingerprint density at radius 3 is 2.02 bits per heavy atom. The van der Waals surface area contributed by atoms with Crippen LogP contribution in [0.5, 0.6) is 5.75 Å². The molecular weight excluding hydrogens is 830 g/mol. The van der Waals surface area contributed by atoms with Crippen molar-refractivity contribution in [3.63, 3.8) is 0 Å². The van der Waals surface area contributed by atoms with Gasteiger partial charge in [-0.05, 0) is 42.2 Å². The number of benzene rings is 2. The number of aromatic amines is 2. The van der Waals surface area contributed by atoms with Gasteiger partial charge in [0.2, 0.25) is 18.2 Å². The first kappa shape index (κ1) is 44.2. The van der Waals surface area contributed by atoms with Crippen LogP contribution in [0.4, 0.5) is 22.0 Å². The van der Waals surface area contributed by atoms with E-state index in [-0.39, 0.29) is 40.7 Å². The first-order valence-corrected chi connectivity index (χ1v) is 21.0. The van der Waals surface area contributed by atoms with E-state index in [4.69, 9.17) is 15.2 Å². The number of nitrogens with one attached hydrogen (secondary N) is 3. The Labute approximate surface area is 360 Å². The van der Waals surface area contributed by atoms with Crippen molar-refractivity contribution in [3.05, 3.63) is 66.3 Å². The summed E-state index contributed by atoms with van der Waals surface area (Å²) in [5.41, 5.74) is 9.47. The molecule has 2 saturated heterocycles. The summed E-state index contributed by atoms with van der Waals surface area (Å²) in [6, 6.07) is 6.30. The van der Waals surface area contributed by atoms with E-state index in [0.717, 1.165) is 20.7 Å². The summed E-state index contributed by atoms with van der Waals surface area (Å²) in [5.74, 6) is -8.29. The molecule has 6 N–H and O–H groups in total. The van der Waals surface area contributed by atoms with Gasteiger partial charge in [-0.3, -0.25) is 14.9 Å². The number of ether oxygens (including phenoxy) is 2. The standard InChI is InChI=1S/C44H52F5N9O5/c1-20(2)35(50)39(59)56-18-43(46,47)14-31(56)37-52-17-28(54-37)24-11-26(45)34-30-12-25-10-23(8-9-29(25)58(30)41(22(5)6)63-33(34)13-24)27-16-51-38(53-27)32-15-44(48,49)19-57(32)40(60)36(21(3)4)55-42(61)62-7/h8-13,16-17,20-22,31-32,35-36,41-42,55,61H,14-15,18-19,50H2,1-7H3,(H,51,53)(H,52,54). The van der Waals surface area contributed by atoms with E-state index in [1.807, 2.05) is 42.7 Å². The fourth-order valence-corrected chi connectivity index (χ4v) is 8.88. The maximum atomic E-state index is 16.5. The van der Waals surface area contributed by atoms with E-state index in [1.165, 1.54) is 25.6 Å². The van der Waals surface area contributed by atoms with E-state index < -0.39 is 92.2 Å². The number of methoxy groups -OCH3 is 1. The third kappa shape index (κ3) is 8.19. The summed E-state index contributed by atoms with van der Waals surface area (Å²) in [6.07, 6.45) is -0.384. The molecular formula is C44H52F5N9O5. The summed E-state index contributed by atoms with van der Waals surface area (Å²) >= 11 is 0. The van der Waals surface area contributed by atoms with Gasteiger partial charge in [-0.1, -0.05) is 47.6 Å². The molecule has 8 rings (SSSR count). The zero-order valence-corrected chi connectivity index (χ0v) is 35.9. The zero-order valence-electron chi connectivity index (χ0n) is 35.9. The van der Waals surface area contributed by atoms with Crippen LogP contribution in [0, 0.1) is 23.6 Å². The number of carbonyl (C=O) groups is 2. The van der Waals surface area contributed by atoms with Gasteiger partial charge in [0.05, 0.1) is 77.8 Å². The van der Waals surface area contributed by atoms with Gasteiger partial charge in [-0.2, -0.15) is 0 Å². The van der Waals surface area contributed by atoms with Gasteiger partial charge in [0, 0.05) is 42.4 Å². The minimum atomic E-state index is -3.18. The third-order valence-electron chi connectivity index (χ3n) is 12.3. The molecule has 63 heavy (non-hydrogen) atoms. The second kappa shape index (κ2) is 16.3. The lowest BCUT2D eigenvalue weighted by molar-refractivity contribution is -0.146. The fraction of sp³-hybridized carbons (Fsp3) is 0.500. The van der Waals surface area contributed by atoms with E-state index in [9.17, 15) is 32.3 Å². The van der Waals surface area contributed by atoms with E-state index in [1.54, 1.807) is 33.8 Å². The second-order valence-corrected chi connectivity index (χ2v) is 18.0. The quantitative estimate of drug-likeness (QED) is 0.0645. The van der Waals surface area contributed by atoms with Crippen LogP contribution in [-0.2, 0) is 14.3 Å². The van der Waals surface area contributed by atoms with Crippen molar-refractivity contribution < 1.29 is 46.1 Å². The molecule has 0 radical (unpaired) electrons. The number of imidazole rings is 2. The van der Waals surface area contributed by atoms with Crippen molar-refractivity contribution >= 4 is 22.7 Å². The highest BCUT2D eigenvalue weighted by molar-refractivity contribution is 5.92. The van der Waals surface area contributed by atoms with Gasteiger partial charge in [0.1, 0.15) is 23.2 Å². The van der Waals surface area contributed by atoms with Crippen molar-refractivity contribution in [2.45, 2.75) is 103 Å². The highest BCUT2D eigenvalue weighted by Crippen LogP contribution is 2.48. The van der Waals surface area contributed by atoms with E-state index in [2.05, 4.69) is 25.3 Å². The topological polar surface area (TPSA) is 180 Å². The molecule has 6 heterocycles. The molecule has 0 saturated carbocycles. The summed E-state index contributed by atoms with van der Waals surface area (Å²) in [5, 5.41) is 13.4. The smallest absolute Gasteiger partial charge is 0.267 e. The Balaban J connectivity index is 1.09. The van der Waals surface area contributed by atoms with Crippen molar-refractivity contribution in [1.29, 1.82) is 0 Å². The monoisotopic (exact) mass is 881 g/mol. The molecule has 0 bridgehead atoms. The number of halogens is 5. The minimum absolute atomic E-state index is 0.0870. The summed E-state index contributed by atoms with van der Waals surface area (Å²) < 4.78 is 89.3. The second-order valence-electron chi connectivity index (χ2n) is 18.0. The molecule has 14 nitrogen and oxygen atoms in total. The number of nitrogens with zero attached hydrogens (tertiary/aromatic N) is 5. The molecule has 0 aliphatic carbocycles. The van der Waals surface area contributed by atoms with E-state index >= 15 is 4.39 Å². The number of hydrogen-bond acceptors (Lipinski definition) is 9. The Hall–Kier alpha value is -5.37. The van der Waals surface area contributed by atoms with Crippen molar-refractivity contribution in [3.8, 4) is 39.5 Å². The van der Waals surface area contributed by atoms with Gasteiger partial charge >= 0.3 is 0 Å². The summed E-state index contributed by atoms with van der Waals surface area (Å²) in [7, 11) is 1.25. The van der Waals surface area contributed by atoms with Crippen LogP contribution in [0.2, 0.25) is 0 Å². The zero-order chi connectivity index (χ0) is 45.4. The number of likely N-dealkylation sites (tertiary alicyclic amines) is 2. The molecule has 6 atom stereocenters. The summed E-state index contributed by atoms with van der Waals surface area (Å²) in [4.78, 5) is 44.0. The lowest BCUT2D eigenvalue weighted by atomic mass is 10.0. The molecule has 3 aliphatic heterocycles.